The third-order valence-corrected chi connectivity index (χ3v) is 6.48. The minimum absolute atomic E-state index is 0.0760. The van der Waals surface area contributed by atoms with Crippen molar-refractivity contribution in [2.24, 2.45) is 0 Å². The normalized spacial score (nSPS) is 14.4. The number of carbonyl (C=O) groups excluding carboxylic acids is 1. The van der Waals surface area contributed by atoms with E-state index in [-0.39, 0.29) is 17.6 Å². The van der Waals surface area contributed by atoms with Crippen LogP contribution in [-0.2, 0) is 13.0 Å². The molecule has 0 aliphatic heterocycles. The number of nitrogens with one attached hydrogen (secondary N) is 2. The molecular formula is C27H33N3O2. The van der Waals surface area contributed by atoms with Crippen molar-refractivity contribution in [2.75, 3.05) is 6.54 Å². The number of amides is 2. The van der Waals surface area contributed by atoms with Crippen LogP contribution in [-0.4, -0.2) is 28.5 Å². The number of aromatic amines is 1. The van der Waals surface area contributed by atoms with E-state index in [2.05, 4.69) is 35.4 Å². The van der Waals surface area contributed by atoms with Crippen molar-refractivity contribution in [2.45, 2.75) is 65.0 Å². The van der Waals surface area contributed by atoms with Crippen LogP contribution in [0.2, 0.25) is 0 Å². The second-order valence-corrected chi connectivity index (χ2v) is 9.11. The Morgan fingerprint density at radius 2 is 1.81 bits per heavy atom. The van der Waals surface area contributed by atoms with Gasteiger partial charge in [-0.05, 0) is 61.9 Å². The fraction of sp³-hybridized carbons (Fsp3) is 0.407. The fourth-order valence-corrected chi connectivity index (χ4v) is 4.71. The third-order valence-electron chi connectivity index (χ3n) is 6.48. The molecule has 1 heterocycles. The summed E-state index contributed by atoms with van der Waals surface area (Å²) in [7, 11) is 0. The zero-order valence-corrected chi connectivity index (χ0v) is 19.1. The van der Waals surface area contributed by atoms with Gasteiger partial charge in [-0.2, -0.15) is 0 Å². The van der Waals surface area contributed by atoms with Crippen LogP contribution >= 0.6 is 0 Å². The van der Waals surface area contributed by atoms with E-state index in [0.717, 1.165) is 54.1 Å². The lowest BCUT2D eigenvalue weighted by atomic mass is 9.96. The summed E-state index contributed by atoms with van der Waals surface area (Å²) >= 11 is 0. The summed E-state index contributed by atoms with van der Waals surface area (Å²) in [6, 6.07) is 16.4. The number of pyridine rings is 1. The highest BCUT2D eigenvalue weighted by atomic mass is 16.2. The van der Waals surface area contributed by atoms with E-state index in [0.29, 0.717) is 18.7 Å². The SMILES string of the molecule is Cc1cc(C)c2cc(CN(CCc3ccccc3)C(=O)NC3CCCCC3)c(=O)[nH]c2c1. The molecule has 0 unspecified atom stereocenters. The van der Waals surface area contributed by atoms with Crippen molar-refractivity contribution >= 4 is 16.9 Å². The van der Waals surface area contributed by atoms with Crippen LogP contribution in [0.3, 0.4) is 0 Å². The molecule has 5 nitrogen and oxygen atoms in total. The van der Waals surface area contributed by atoms with E-state index in [1.165, 1.54) is 12.0 Å². The van der Waals surface area contributed by atoms with Crippen LogP contribution < -0.4 is 10.9 Å². The molecule has 0 spiro atoms. The van der Waals surface area contributed by atoms with Crippen molar-refractivity contribution in [3.8, 4) is 0 Å². The summed E-state index contributed by atoms with van der Waals surface area (Å²) in [6.07, 6.45) is 6.40. The number of fused-ring (bicyclic) bond motifs is 1. The molecule has 0 bridgehead atoms. The Morgan fingerprint density at radius 1 is 1.06 bits per heavy atom. The standard InChI is InChI=1S/C27H33N3O2/c1-19-15-20(2)24-17-22(26(31)29-25(24)16-19)18-30(14-13-21-9-5-3-6-10-21)27(32)28-23-11-7-4-8-12-23/h3,5-6,9-10,15-17,23H,4,7-8,11-14,18H2,1-2H3,(H,28,32)(H,29,31). The van der Waals surface area contributed by atoms with Crippen LogP contribution in [0.15, 0.2) is 53.3 Å². The molecule has 1 aliphatic rings. The lowest BCUT2D eigenvalue weighted by Gasteiger charge is -2.28. The van der Waals surface area contributed by atoms with Crippen molar-refractivity contribution in [1.29, 1.82) is 0 Å². The van der Waals surface area contributed by atoms with E-state index in [4.69, 9.17) is 0 Å². The Kier molecular flexibility index (Phi) is 6.93. The number of benzene rings is 2. The second-order valence-electron chi connectivity index (χ2n) is 9.11. The molecule has 1 fully saturated rings. The molecule has 2 amide bonds. The molecule has 3 aromatic rings. The first-order chi connectivity index (χ1) is 15.5. The quantitative estimate of drug-likeness (QED) is 0.561. The number of aromatic nitrogens is 1. The summed E-state index contributed by atoms with van der Waals surface area (Å²) < 4.78 is 0. The first-order valence-corrected chi connectivity index (χ1v) is 11.7. The summed E-state index contributed by atoms with van der Waals surface area (Å²) in [5.41, 5.74) is 4.77. The number of H-pyrrole nitrogens is 1. The van der Waals surface area contributed by atoms with E-state index in [9.17, 15) is 9.59 Å². The zero-order chi connectivity index (χ0) is 22.5. The molecule has 32 heavy (non-hydrogen) atoms. The highest BCUT2D eigenvalue weighted by molar-refractivity contribution is 5.83. The number of urea groups is 1. The maximum absolute atomic E-state index is 13.2. The largest absolute Gasteiger partial charge is 0.335 e. The van der Waals surface area contributed by atoms with Gasteiger partial charge in [0.2, 0.25) is 0 Å². The molecule has 5 heteroatoms. The monoisotopic (exact) mass is 431 g/mol. The van der Waals surface area contributed by atoms with Gasteiger partial charge < -0.3 is 15.2 Å². The molecule has 0 saturated heterocycles. The Bertz CT molecular complexity index is 1130. The molecule has 2 aromatic carbocycles. The number of carbonyl (C=O) groups is 1. The Hall–Kier alpha value is -3.08. The number of hydrogen-bond donors (Lipinski definition) is 2. The van der Waals surface area contributed by atoms with Gasteiger partial charge in [-0.25, -0.2) is 4.79 Å². The summed E-state index contributed by atoms with van der Waals surface area (Å²) in [4.78, 5) is 30.9. The van der Waals surface area contributed by atoms with Crippen molar-refractivity contribution < 1.29 is 4.79 Å². The lowest BCUT2D eigenvalue weighted by molar-refractivity contribution is 0.187. The summed E-state index contributed by atoms with van der Waals surface area (Å²) in [5.74, 6) is 0. The van der Waals surface area contributed by atoms with Gasteiger partial charge in [-0.1, -0.05) is 55.7 Å². The maximum Gasteiger partial charge on any atom is 0.317 e. The number of hydrogen-bond acceptors (Lipinski definition) is 2. The summed E-state index contributed by atoms with van der Waals surface area (Å²) in [5, 5.41) is 4.25. The van der Waals surface area contributed by atoms with Crippen molar-refractivity contribution in [1.82, 2.24) is 15.2 Å². The van der Waals surface area contributed by atoms with Crippen molar-refractivity contribution in [3.05, 3.63) is 81.1 Å². The minimum atomic E-state index is -0.127. The van der Waals surface area contributed by atoms with Gasteiger partial charge in [0.1, 0.15) is 0 Å². The molecule has 1 saturated carbocycles. The predicted octanol–water partition coefficient (Wildman–Crippen LogP) is 5.23. The third kappa shape index (κ3) is 5.39. The topological polar surface area (TPSA) is 65.2 Å². The molecular weight excluding hydrogens is 398 g/mol. The van der Waals surface area contributed by atoms with Gasteiger partial charge in [-0.15, -0.1) is 0 Å². The molecule has 0 radical (unpaired) electrons. The second kappa shape index (κ2) is 10.0. The number of rotatable bonds is 6. The van der Waals surface area contributed by atoms with Gasteiger partial charge in [0.05, 0.1) is 6.54 Å². The minimum Gasteiger partial charge on any atom is -0.335 e. The van der Waals surface area contributed by atoms with E-state index >= 15 is 0 Å². The first kappa shape index (κ1) is 22.1. The number of aryl methyl sites for hydroxylation is 2. The highest BCUT2D eigenvalue weighted by Gasteiger charge is 2.21. The molecule has 1 aliphatic carbocycles. The van der Waals surface area contributed by atoms with E-state index in [1.54, 1.807) is 4.90 Å². The maximum atomic E-state index is 13.2. The molecule has 168 valence electrons. The molecule has 0 atom stereocenters. The Morgan fingerprint density at radius 3 is 2.56 bits per heavy atom. The Balaban J connectivity index is 1.57. The number of nitrogens with zero attached hydrogens (tertiary/aromatic N) is 1. The average molecular weight is 432 g/mol. The van der Waals surface area contributed by atoms with Crippen molar-refractivity contribution in [3.63, 3.8) is 0 Å². The van der Waals surface area contributed by atoms with Gasteiger partial charge in [-0.3, -0.25) is 4.79 Å². The van der Waals surface area contributed by atoms with E-state index < -0.39 is 0 Å². The molecule has 4 rings (SSSR count). The van der Waals surface area contributed by atoms with Gasteiger partial charge in [0.15, 0.2) is 0 Å². The van der Waals surface area contributed by atoms with Crippen LogP contribution in [0.25, 0.3) is 10.9 Å². The molecule has 2 N–H and O–H groups in total. The van der Waals surface area contributed by atoms with Crippen LogP contribution in [0.4, 0.5) is 4.79 Å². The lowest BCUT2D eigenvalue weighted by Crippen LogP contribution is -2.46. The summed E-state index contributed by atoms with van der Waals surface area (Å²) in [6.45, 7) is 4.94. The van der Waals surface area contributed by atoms with Gasteiger partial charge in [0, 0.05) is 29.1 Å². The highest BCUT2D eigenvalue weighted by Crippen LogP contribution is 2.20. The zero-order valence-electron chi connectivity index (χ0n) is 19.1. The first-order valence-electron chi connectivity index (χ1n) is 11.7. The van der Waals surface area contributed by atoms with Gasteiger partial charge >= 0.3 is 6.03 Å². The van der Waals surface area contributed by atoms with Crippen LogP contribution in [0.5, 0.6) is 0 Å². The fourth-order valence-electron chi connectivity index (χ4n) is 4.71. The average Bonchev–Trinajstić information content (AvgIpc) is 2.78. The predicted molar refractivity (Wildman–Crippen MR) is 130 cm³/mol. The molecule has 1 aromatic heterocycles. The van der Waals surface area contributed by atoms with Crippen LogP contribution in [0, 0.1) is 13.8 Å². The van der Waals surface area contributed by atoms with Crippen LogP contribution in [0.1, 0.15) is 54.4 Å². The van der Waals surface area contributed by atoms with Gasteiger partial charge in [0.25, 0.3) is 5.56 Å². The Labute approximate surface area is 189 Å². The smallest absolute Gasteiger partial charge is 0.317 e. The van der Waals surface area contributed by atoms with E-state index in [1.807, 2.05) is 37.3 Å².